The molecule has 0 spiro atoms. The van der Waals surface area contributed by atoms with Crippen molar-refractivity contribution in [1.29, 1.82) is 0 Å². The number of carbonyl (C=O) groups excluding carboxylic acids is 1. The zero-order chi connectivity index (χ0) is 12.0. The summed E-state index contributed by atoms with van der Waals surface area (Å²) >= 11 is 1.07. The van der Waals surface area contributed by atoms with Crippen LogP contribution in [0.2, 0.25) is 0 Å². The van der Waals surface area contributed by atoms with E-state index in [-0.39, 0.29) is 18.4 Å². The molecule has 0 aromatic carbocycles. The lowest BCUT2D eigenvalue weighted by Crippen LogP contribution is -2.32. The SMILES string of the molecule is CC(CNC(=O)Nc1cnns1)CC(=O)O. The van der Waals surface area contributed by atoms with Crippen molar-refractivity contribution in [3.8, 4) is 0 Å². The van der Waals surface area contributed by atoms with Crippen molar-refractivity contribution in [2.75, 3.05) is 11.9 Å². The van der Waals surface area contributed by atoms with Crippen LogP contribution in [0.15, 0.2) is 6.20 Å². The van der Waals surface area contributed by atoms with Crippen LogP contribution in [0, 0.1) is 5.92 Å². The van der Waals surface area contributed by atoms with E-state index in [4.69, 9.17) is 5.11 Å². The maximum Gasteiger partial charge on any atom is 0.319 e. The van der Waals surface area contributed by atoms with E-state index in [2.05, 4.69) is 20.2 Å². The highest BCUT2D eigenvalue weighted by Gasteiger charge is 2.09. The molecule has 0 aliphatic heterocycles. The van der Waals surface area contributed by atoms with Crippen molar-refractivity contribution in [3.05, 3.63) is 6.20 Å². The summed E-state index contributed by atoms with van der Waals surface area (Å²) in [6.07, 6.45) is 1.47. The zero-order valence-corrected chi connectivity index (χ0v) is 9.45. The Balaban J connectivity index is 2.22. The normalized spacial score (nSPS) is 11.8. The number of nitrogens with one attached hydrogen (secondary N) is 2. The molecule has 88 valence electrons. The van der Waals surface area contributed by atoms with Gasteiger partial charge in [0.15, 0.2) is 0 Å². The van der Waals surface area contributed by atoms with Gasteiger partial charge in [-0.3, -0.25) is 10.1 Å². The molecular formula is C8H12N4O3S. The second-order valence-electron chi connectivity index (χ2n) is 3.32. The molecule has 1 unspecified atom stereocenters. The molecule has 0 aliphatic carbocycles. The molecule has 1 atom stereocenters. The lowest BCUT2D eigenvalue weighted by Gasteiger charge is -2.10. The van der Waals surface area contributed by atoms with Gasteiger partial charge < -0.3 is 10.4 Å². The van der Waals surface area contributed by atoms with Crippen molar-refractivity contribution >= 4 is 28.5 Å². The number of nitrogens with zero attached hydrogens (tertiary/aromatic N) is 2. The van der Waals surface area contributed by atoms with E-state index >= 15 is 0 Å². The molecular weight excluding hydrogens is 232 g/mol. The summed E-state index contributed by atoms with van der Waals surface area (Å²) in [6, 6.07) is -0.386. The molecule has 0 radical (unpaired) electrons. The number of hydrogen-bond acceptors (Lipinski definition) is 5. The van der Waals surface area contributed by atoms with Crippen LogP contribution in [-0.4, -0.2) is 33.2 Å². The number of rotatable bonds is 5. The van der Waals surface area contributed by atoms with Crippen molar-refractivity contribution in [2.45, 2.75) is 13.3 Å². The lowest BCUT2D eigenvalue weighted by atomic mass is 10.1. The first-order valence-electron chi connectivity index (χ1n) is 4.62. The third-order valence-electron chi connectivity index (χ3n) is 1.73. The van der Waals surface area contributed by atoms with Crippen LogP contribution < -0.4 is 10.6 Å². The molecule has 1 heterocycles. The minimum atomic E-state index is -0.874. The molecule has 2 amide bonds. The zero-order valence-electron chi connectivity index (χ0n) is 8.64. The summed E-state index contributed by atoms with van der Waals surface area (Å²) in [5.74, 6) is -0.982. The smallest absolute Gasteiger partial charge is 0.319 e. The maximum absolute atomic E-state index is 11.3. The molecule has 1 aromatic heterocycles. The van der Waals surface area contributed by atoms with Crippen LogP contribution in [0.5, 0.6) is 0 Å². The molecule has 1 rings (SSSR count). The van der Waals surface area contributed by atoms with Crippen LogP contribution in [-0.2, 0) is 4.79 Å². The van der Waals surface area contributed by atoms with Crippen molar-refractivity contribution < 1.29 is 14.7 Å². The van der Waals surface area contributed by atoms with Crippen molar-refractivity contribution in [1.82, 2.24) is 14.9 Å². The van der Waals surface area contributed by atoms with Gasteiger partial charge in [-0.2, -0.15) is 0 Å². The molecule has 0 aliphatic rings. The molecule has 8 heteroatoms. The summed E-state index contributed by atoms with van der Waals surface area (Å²) in [5, 5.41) is 17.7. The fourth-order valence-electron chi connectivity index (χ4n) is 1.02. The number of aromatic nitrogens is 2. The Morgan fingerprint density at radius 1 is 1.62 bits per heavy atom. The van der Waals surface area contributed by atoms with Crippen LogP contribution in [0.1, 0.15) is 13.3 Å². The Morgan fingerprint density at radius 2 is 2.38 bits per heavy atom. The number of anilines is 1. The van der Waals surface area contributed by atoms with Gasteiger partial charge in [-0.05, 0) is 5.92 Å². The summed E-state index contributed by atoms with van der Waals surface area (Å²) < 4.78 is 3.58. The first kappa shape index (κ1) is 12.4. The van der Waals surface area contributed by atoms with Gasteiger partial charge in [0.05, 0.1) is 6.20 Å². The molecule has 0 saturated heterocycles. The van der Waals surface area contributed by atoms with E-state index in [1.165, 1.54) is 6.20 Å². The Labute approximate surface area is 96.0 Å². The average molecular weight is 244 g/mol. The number of urea groups is 1. The number of hydrogen-bond donors (Lipinski definition) is 3. The second-order valence-corrected chi connectivity index (χ2v) is 4.11. The summed E-state index contributed by atoms with van der Waals surface area (Å²) in [5.41, 5.74) is 0. The van der Waals surface area contributed by atoms with Crippen LogP contribution >= 0.6 is 11.5 Å². The highest BCUT2D eigenvalue weighted by Crippen LogP contribution is 2.08. The Morgan fingerprint density at radius 3 is 2.94 bits per heavy atom. The van der Waals surface area contributed by atoms with Crippen LogP contribution in [0.4, 0.5) is 9.80 Å². The summed E-state index contributed by atoms with van der Waals surface area (Å²) in [6.45, 7) is 2.06. The number of carboxylic acid groups (broad SMARTS) is 1. The van der Waals surface area contributed by atoms with E-state index in [0.717, 1.165) is 11.5 Å². The third kappa shape index (κ3) is 4.69. The Hall–Kier alpha value is -1.70. The van der Waals surface area contributed by atoms with Gasteiger partial charge in [0, 0.05) is 24.5 Å². The Kier molecular flexibility index (Phi) is 4.65. The second kappa shape index (κ2) is 6.01. The number of aliphatic carboxylic acids is 1. The van der Waals surface area contributed by atoms with Gasteiger partial charge >= 0.3 is 12.0 Å². The van der Waals surface area contributed by atoms with Gasteiger partial charge in [0.1, 0.15) is 5.00 Å². The first-order chi connectivity index (χ1) is 7.58. The molecule has 1 aromatic rings. The van der Waals surface area contributed by atoms with E-state index in [9.17, 15) is 9.59 Å². The molecule has 3 N–H and O–H groups in total. The summed E-state index contributed by atoms with van der Waals surface area (Å²) in [7, 11) is 0. The number of amides is 2. The van der Waals surface area contributed by atoms with E-state index < -0.39 is 5.97 Å². The molecule has 0 saturated carbocycles. The van der Waals surface area contributed by atoms with E-state index in [1.807, 2.05) is 0 Å². The molecule has 0 bridgehead atoms. The topological polar surface area (TPSA) is 104 Å². The standard InChI is InChI=1S/C8H12N4O3S/c1-5(2-7(13)14)3-9-8(15)11-6-4-10-12-16-6/h4-5H,2-3H2,1H3,(H,13,14)(H2,9,11,15). The Bertz CT molecular complexity index is 354. The van der Waals surface area contributed by atoms with Crippen molar-refractivity contribution in [3.63, 3.8) is 0 Å². The third-order valence-corrected chi connectivity index (χ3v) is 2.31. The first-order valence-corrected chi connectivity index (χ1v) is 5.39. The van der Waals surface area contributed by atoms with Gasteiger partial charge in [-0.1, -0.05) is 11.4 Å². The number of carboxylic acids is 1. The van der Waals surface area contributed by atoms with Gasteiger partial charge in [0.2, 0.25) is 0 Å². The van der Waals surface area contributed by atoms with Crippen LogP contribution in [0.3, 0.4) is 0 Å². The molecule has 16 heavy (non-hydrogen) atoms. The lowest BCUT2D eigenvalue weighted by molar-refractivity contribution is -0.137. The fourth-order valence-corrected chi connectivity index (χ4v) is 1.43. The molecule has 7 nitrogen and oxygen atoms in total. The number of carbonyl (C=O) groups is 2. The molecule has 0 fully saturated rings. The van der Waals surface area contributed by atoms with Gasteiger partial charge in [-0.25, -0.2) is 4.79 Å². The summed E-state index contributed by atoms with van der Waals surface area (Å²) in [4.78, 5) is 21.6. The maximum atomic E-state index is 11.3. The largest absolute Gasteiger partial charge is 0.481 e. The fraction of sp³-hybridized carbons (Fsp3) is 0.500. The minimum absolute atomic E-state index is 0.0302. The van der Waals surface area contributed by atoms with E-state index in [0.29, 0.717) is 11.5 Å². The van der Waals surface area contributed by atoms with Crippen molar-refractivity contribution in [2.24, 2.45) is 5.92 Å². The van der Waals surface area contributed by atoms with E-state index in [1.54, 1.807) is 6.92 Å². The predicted octanol–water partition coefficient (Wildman–Crippen LogP) is 0.770. The highest BCUT2D eigenvalue weighted by molar-refractivity contribution is 7.10. The average Bonchev–Trinajstić information content (AvgIpc) is 2.66. The highest BCUT2D eigenvalue weighted by atomic mass is 32.1. The monoisotopic (exact) mass is 244 g/mol. The van der Waals surface area contributed by atoms with Gasteiger partial charge in [-0.15, -0.1) is 5.10 Å². The predicted molar refractivity (Wildman–Crippen MR) is 58.3 cm³/mol. The minimum Gasteiger partial charge on any atom is -0.481 e. The van der Waals surface area contributed by atoms with Gasteiger partial charge in [0.25, 0.3) is 0 Å². The quantitative estimate of drug-likeness (QED) is 0.709. The van der Waals surface area contributed by atoms with Crippen LogP contribution in [0.25, 0.3) is 0 Å².